The average Bonchev–Trinajstić information content (AvgIpc) is 2.76. The van der Waals surface area contributed by atoms with Crippen LogP contribution in [0.2, 0.25) is 0 Å². The Morgan fingerprint density at radius 1 is 0.935 bits per heavy atom. The van der Waals surface area contributed by atoms with E-state index >= 15 is 0 Å². The van der Waals surface area contributed by atoms with Crippen LogP contribution in [-0.4, -0.2) is 22.4 Å². The summed E-state index contributed by atoms with van der Waals surface area (Å²) in [6, 6.07) is 19.2. The lowest BCUT2D eigenvalue weighted by molar-refractivity contribution is -0.118. The summed E-state index contributed by atoms with van der Waals surface area (Å²) in [7, 11) is 0. The largest absolute Gasteiger partial charge is 0.457 e. The van der Waals surface area contributed by atoms with Crippen LogP contribution in [0.15, 0.2) is 73.1 Å². The van der Waals surface area contributed by atoms with Gasteiger partial charge in [0.1, 0.15) is 17.2 Å². The molecule has 2 aromatic carbocycles. The van der Waals surface area contributed by atoms with Crippen LogP contribution in [0.5, 0.6) is 23.1 Å². The molecule has 2 aromatic heterocycles. The Labute approximate surface area is 180 Å². The van der Waals surface area contributed by atoms with E-state index in [0.717, 1.165) is 45.7 Å². The number of aryl methyl sites for hydroxylation is 1. The molecule has 0 unspecified atom stereocenters. The molecule has 6 heteroatoms. The van der Waals surface area contributed by atoms with Gasteiger partial charge in [-0.3, -0.25) is 9.78 Å². The number of rotatable bonds is 7. The average molecular weight is 413 g/mol. The van der Waals surface area contributed by atoms with E-state index in [-0.39, 0.29) is 5.91 Å². The molecule has 156 valence electrons. The summed E-state index contributed by atoms with van der Waals surface area (Å²) in [6.45, 7) is 4.11. The Hall–Kier alpha value is -3.93. The summed E-state index contributed by atoms with van der Waals surface area (Å²) in [5, 5.41) is 3.85. The van der Waals surface area contributed by atoms with Crippen LogP contribution in [0, 0.1) is 6.92 Å². The second-order valence-electron chi connectivity index (χ2n) is 7.22. The van der Waals surface area contributed by atoms with Gasteiger partial charge in [-0.05, 0) is 73.0 Å². The number of fused-ring (bicyclic) bond motifs is 1. The van der Waals surface area contributed by atoms with E-state index in [4.69, 9.17) is 9.47 Å². The lowest BCUT2D eigenvalue weighted by Crippen LogP contribution is -2.22. The van der Waals surface area contributed by atoms with Crippen LogP contribution in [0.4, 0.5) is 0 Å². The fourth-order valence-corrected chi connectivity index (χ4v) is 3.21. The Kier molecular flexibility index (Phi) is 6.08. The molecule has 2 heterocycles. The highest BCUT2D eigenvalue weighted by molar-refractivity contribution is 5.80. The summed E-state index contributed by atoms with van der Waals surface area (Å²) < 4.78 is 11.9. The first-order valence-electron chi connectivity index (χ1n) is 10.1. The van der Waals surface area contributed by atoms with Crippen LogP contribution in [-0.2, 0) is 11.2 Å². The first kappa shape index (κ1) is 20.3. The van der Waals surface area contributed by atoms with Crippen LogP contribution in [0.1, 0.15) is 18.1 Å². The lowest BCUT2D eigenvalue weighted by atomic mass is 10.1. The zero-order valence-corrected chi connectivity index (χ0v) is 17.5. The fourth-order valence-electron chi connectivity index (χ4n) is 3.21. The van der Waals surface area contributed by atoms with Gasteiger partial charge in [0, 0.05) is 37.3 Å². The molecule has 0 saturated heterocycles. The third-order valence-electron chi connectivity index (χ3n) is 4.76. The number of aromatic nitrogens is 2. The SMILES string of the molecule is CC(=O)NCCc1ccc2nc(Oc3ccc(Oc4ccncc4)cc3C)ccc2c1. The lowest BCUT2D eigenvalue weighted by Gasteiger charge is -2.11. The molecule has 0 atom stereocenters. The molecule has 31 heavy (non-hydrogen) atoms. The standard InChI is InChI=1S/C25H23N3O3/c1-17-15-22(30-21-10-12-26-13-11-21)5-7-24(17)31-25-8-4-20-16-19(3-6-23(20)28-25)9-14-27-18(2)29/h3-8,10-13,15-16H,9,14H2,1-2H3,(H,27,29). The quantitative estimate of drug-likeness (QED) is 0.451. The van der Waals surface area contributed by atoms with E-state index in [1.165, 1.54) is 6.92 Å². The molecule has 4 aromatic rings. The number of benzene rings is 2. The smallest absolute Gasteiger partial charge is 0.219 e. The van der Waals surface area contributed by atoms with E-state index in [1.807, 2.05) is 61.5 Å². The fraction of sp³-hybridized carbons (Fsp3) is 0.160. The minimum atomic E-state index is -0.0171. The minimum absolute atomic E-state index is 0.0171. The topological polar surface area (TPSA) is 73.3 Å². The van der Waals surface area contributed by atoms with E-state index in [0.29, 0.717) is 12.4 Å². The Bertz CT molecular complexity index is 1210. The first-order valence-corrected chi connectivity index (χ1v) is 10.1. The van der Waals surface area contributed by atoms with Crippen molar-refractivity contribution in [2.24, 2.45) is 0 Å². The Balaban J connectivity index is 1.46. The van der Waals surface area contributed by atoms with E-state index in [1.54, 1.807) is 12.4 Å². The van der Waals surface area contributed by atoms with Crippen molar-refractivity contribution in [1.29, 1.82) is 0 Å². The number of nitrogens with zero attached hydrogens (tertiary/aromatic N) is 2. The molecule has 0 radical (unpaired) electrons. The van der Waals surface area contributed by atoms with Crippen molar-refractivity contribution in [2.75, 3.05) is 6.54 Å². The van der Waals surface area contributed by atoms with Gasteiger partial charge in [-0.1, -0.05) is 6.07 Å². The van der Waals surface area contributed by atoms with Crippen molar-refractivity contribution in [3.63, 3.8) is 0 Å². The highest BCUT2D eigenvalue weighted by Crippen LogP contribution is 2.30. The summed E-state index contributed by atoms with van der Waals surface area (Å²) in [4.78, 5) is 19.6. The maximum atomic E-state index is 11.0. The van der Waals surface area contributed by atoms with Crippen LogP contribution in [0.3, 0.4) is 0 Å². The van der Waals surface area contributed by atoms with Gasteiger partial charge < -0.3 is 14.8 Å². The molecule has 0 saturated carbocycles. The van der Waals surface area contributed by atoms with Crippen LogP contribution in [0.25, 0.3) is 10.9 Å². The maximum absolute atomic E-state index is 11.0. The zero-order valence-electron chi connectivity index (χ0n) is 17.5. The number of nitrogens with one attached hydrogen (secondary N) is 1. The van der Waals surface area contributed by atoms with Gasteiger partial charge in [0.25, 0.3) is 0 Å². The predicted molar refractivity (Wildman–Crippen MR) is 120 cm³/mol. The molecule has 1 N–H and O–H groups in total. The number of carbonyl (C=O) groups excluding carboxylic acids is 1. The molecule has 0 aliphatic heterocycles. The third-order valence-corrected chi connectivity index (χ3v) is 4.76. The molecule has 0 aliphatic carbocycles. The third kappa shape index (κ3) is 5.36. The molecule has 0 fully saturated rings. The molecule has 6 nitrogen and oxygen atoms in total. The second-order valence-corrected chi connectivity index (χ2v) is 7.22. The van der Waals surface area contributed by atoms with Crippen molar-refractivity contribution in [3.8, 4) is 23.1 Å². The number of carbonyl (C=O) groups is 1. The summed E-state index contributed by atoms with van der Waals surface area (Å²) >= 11 is 0. The number of hydrogen-bond donors (Lipinski definition) is 1. The number of ether oxygens (including phenoxy) is 2. The maximum Gasteiger partial charge on any atom is 0.219 e. The summed E-state index contributed by atoms with van der Waals surface area (Å²) in [5.74, 6) is 2.70. The Morgan fingerprint density at radius 3 is 2.55 bits per heavy atom. The van der Waals surface area contributed by atoms with Crippen LogP contribution >= 0.6 is 0 Å². The molecule has 1 amide bonds. The van der Waals surface area contributed by atoms with Crippen LogP contribution < -0.4 is 14.8 Å². The van der Waals surface area contributed by atoms with Gasteiger partial charge in [-0.15, -0.1) is 0 Å². The van der Waals surface area contributed by atoms with Crippen molar-refractivity contribution in [1.82, 2.24) is 15.3 Å². The molecular formula is C25H23N3O3. The van der Waals surface area contributed by atoms with Gasteiger partial charge in [-0.25, -0.2) is 4.98 Å². The second kappa shape index (κ2) is 9.26. The highest BCUT2D eigenvalue weighted by Gasteiger charge is 2.07. The molecule has 0 spiro atoms. The summed E-state index contributed by atoms with van der Waals surface area (Å²) in [6.07, 6.45) is 4.16. The van der Waals surface area contributed by atoms with Gasteiger partial charge in [0.2, 0.25) is 11.8 Å². The van der Waals surface area contributed by atoms with E-state index in [9.17, 15) is 4.79 Å². The zero-order chi connectivity index (χ0) is 21.6. The van der Waals surface area contributed by atoms with Gasteiger partial charge in [-0.2, -0.15) is 0 Å². The molecule has 0 bridgehead atoms. The number of amides is 1. The minimum Gasteiger partial charge on any atom is -0.457 e. The highest BCUT2D eigenvalue weighted by atomic mass is 16.5. The molecule has 4 rings (SSSR count). The summed E-state index contributed by atoms with van der Waals surface area (Å²) in [5.41, 5.74) is 2.95. The number of hydrogen-bond acceptors (Lipinski definition) is 5. The van der Waals surface area contributed by atoms with E-state index in [2.05, 4.69) is 21.4 Å². The number of pyridine rings is 2. The first-order chi connectivity index (χ1) is 15.1. The predicted octanol–water partition coefficient (Wildman–Crippen LogP) is 5.20. The van der Waals surface area contributed by atoms with Crippen molar-refractivity contribution in [2.45, 2.75) is 20.3 Å². The monoisotopic (exact) mass is 413 g/mol. The van der Waals surface area contributed by atoms with Crippen molar-refractivity contribution in [3.05, 3.63) is 84.2 Å². The van der Waals surface area contributed by atoms with Crippen molar-refractivity contribution >= 4 is 16.8 Å². The van der Waals surface area contributed by atoms with Gasteiger partial charge in [0.15, 0.2) is 0 Å². The van der Waals surface area contributed by atoms with Gasteiger partial charge >= 0.3 is 0 Å². The normalized spacial score (nSPS) is 10.6. The van der Waals surface area contributed by atoms with Gasteiger partial charge in [0.05, 0.1) is 5.52 Å². The van der Waals surface area contributed by atoms with E-state index < -0.39 is 0 Å². The van der Waals surface area contributed by atoms with Crippen molar-refractivity contribution < 1.29 is 14.3 Å². The molecular weight excluding hydrogens is 390 g/mol. The Morgan fingerprint density at radius 2 is 1.77 bits per heavy atom. The molecule has 0 aliphatic rings.